The number of likely N-dealkylation sites (tertiary alicyclic amines) is 1. The Labute approximate surface area is 116 Å². The highest BCUT2D eigenvalue weighted by molar-refractivity contribution is 9.10. The highest BCUT2D eigenvalue weighted by Crippen LogP contribution is 2.24. The minimum Gasteiger partial charge on any atom is -0.297 e. The van der Waals surface area contributed by atoms with Gasteiger partial charge in [-0.25, -0.2) is 0 Å². The van der Waals surface area contributed by atoms with Crippen molar-refractivity contribution >= 4 is 27.5 Å². The van der Waals surface area contributed by atoms with Gasteiger partial charge in [0.05, 0.1) is 15.9 Å². The molecule has 1 unspecified atom stereocenters. The normalized spacial score (nSPS) is 22.0. The molecule has 0 aliphatic carbocycles. The predicted octanol–water partition coefficient (Wildman–Crippen LogP) is 2.94. The summed E-state index contributed by atoms with van der Waals surface area (Å²) in [5.74, 6) is 1.43. The third-order valence-electron chi connectivity index (χ3n) is 3.46. The summed E-state index contributed by atoms with van der Waals surface area (Å²) >= 11 is 9.59. The molecule has 17 heavy (non-hydrogen) atoms. The smallest absolute Gasteiger partial charge is 0.0739 e. The number of aryl methyl sites for hydroxylation is 2. The summed E-state index contributed by atoms with van der Waals surface area (Å²) in [7, 11) is 2.01. The van der Waals surface area contributed by atoms with Crippen LogP contribution in [0.1, 0.15) is 24.2 Å². The highest BCUT2D eigenvalue weighted by Gasteiger charge is 2.21. The molecule has 5 heteroatoms. The van der Waals surface area contributed by atoms with Gasteiger partial charge < -0.3 is 0 Å². The van der Waals surface area contributed by atoms with E-state index in [2.05, 4.69) is 25.9 Å². The molecule has 0 amide bonds. The van der Waals surface area contributed by atoms with Crippen molar-refractivity contribution in [2.24, 2.45) is 13.0 Å². The van der Waals surface area contributed by atoms with Crippen LogP contribution in [0.5, 0.6) is 0 Å². The van der Waals surface area contributed by atoms with Gasteiger partial charge in [0.25, 0.3) is 0 Å². The maximum absolute atomic E-state index is 5.96. The van der Waals surface area contributed by atoms with Crippen LogP contribution in [0.2, 0.25) is 0 Å². The van der Waals surface area contributed by atoms with E-state index in [1.165, 1.54) is 25.1 Å². The van der Waals surface area contributed by atoms with Crippen molar-refractivity contribution in [2.45, 2.75) is 26.3 Å². The summed E-state index contributed by atoms with van der Waals surface area (Å²) in [5, 5.41) is 4.43. The fourth-order valence-corrected chi connectivity index (χ4v) is 3.20. The van der Waals surface area contributed by atoms with Gasteiger partial charge in [-0.05, 0) is 48.2 Å². The van der Waals surface area contributed by atoms with Crippen LogP contribution in [0, 0.1) is 12.8 Å². The van der Waals surface area contributed by atoms with Crippen LogP contribution in [0.4, 0.5) is 0 Å². The van der Waals surface area contributed by atoms with E-state index in [-0.39, 0.29) is 0 Å². The second kappa shape index (κ2) is 5.72. The molecule has 1 aliphatic rings. The molecular weight excluding hydrogens is 302 g/mol. The van der Waals surface area contributed by atoms with Crippen molar-refractivity contribution in [1.82, 2.24) is 14.7 Å². The number of nitrogens with zero attached hydrogens (tertiary/aromatic N) is 3. The zero-order valence-corrected chi connectivity index (χ0v) is 12.8. The molecule has 1 aromatic rings. The minimum atomic E-state index is 0.651. The molecule has 0 saturated carbocycles. The lowest BCUT2D eigenvalue weighted by atomic mass is 10.00. The van der Waals surface area contributed by atoms with E-state index < -0.39 is 0 Å². The summed E-state index contributed by atoms with van der Waals surface area (Å²) in [4.78, 5) is 2.48. The maximum atomic E-state index is 5.96. The standard InChI is InChI=1S/C12H19BrClN3/c1-9-12(13)11(16(2)15-9)8-17-5-3-4-10(6-14)7-17/h10H,3-8H2,1-2H3. The Kier molecular flexibility index (Phi) is 4.50. The van der Waals surface area contributed by atoms with Crippen LogP contribution in [-0.4, -0.2) is 33.6 Å². The molecule has 1 saturated heterocycles. The Bertz CT molecular complexity index is 391. The van der Waals surface area contributed by atoms with E-state index >= 15 is 0 Å². The molecule has 0 N–H and O–H groups in total. The van der Waals surface area contributed by atoms with Crippen molar-refractivity contribution in [3.63, 3.8) is 0 Å². The molecule has 0 aromatic carbocycles. The quantitative estimate of drug-likeness (QED) is 0.799. The molecule has 0 spiro atoms. The van der Waals surface area contributed by atoms with Crippen LogP contribution in [-0.2, 0) is 13.6 Å². The molecule has 1 atom stereocenters. The third kappa shape index (κ3) is 3.04. The SMILES string of the molecule is Cc1nn(C)c(CN2CCCC(CCl)C2)c1Br. The first-order chi connectivity index (χ1) is 8.11. The molecular formula is C12H19BrClN3. The maximum Gasteiger partial charge on any atom is 0.0739 e. The van der Waals surface area contributed by atoms with Gasteiger partial charge in [0.1, 0.15) is 0 Å². The fourth-order valence-electron chi connectivity index (χ4n) is 2.48. The second-order valence-corrected chi connectivity index (χ2v) is 5.97. The van der Waals surface area contributed by atoms with E-state index in [4.69, 9.17) is 11.6 Å². The summed E-state index contributed by atoms with van der Waals surface area (Å²) in [6.07, 6.45) is 2.53. The van der Waals surface area contributed by atoms with Crippen LogP contribution < -0.4 is 0 Å². The molecule has 1 aliphatic heterocycles. The lowest BCUT2D eigenvalue weighted by Crippen LogP contribution is -2.36. The first-order valence-electron chi connectivity index (χ1n) is 6.08. The molecule has 0 bridgehead atoms. The Morgan fingerprint density at radius 3 is 2.88 bits per heavy atom. The molecule has 2 heterocycles. The molecule has 0 radical (unpaired) electrons. The van der Waals surface area contributed by atoms with E-state index in [1.54, 1.807) is 0 Å². The first kappa shape index (κ1) is 13.4. The van der Waals surface area contributed by atoms with E-state index in [0.29, 0.717) is 5.92 Å². The third-order valence-corrected chi connectivity index (χ3v) is 4.92. The van der Waals surface area contributed by atoms with Gasteiger partial charge in [-0.2, -0.15) is 5.10 Å². The largest absolute Gasteiger partial charge is 0.297 e. The van der Waals surface area contributed by atoms with E-state index in [1.807, 2.05) is 18.7 Å². The van der Waals surface area contributed by atoms with Crippen molar-refractivity contribution < 1.29 is 0 Å². The number of halogens is 2. The molecule has 2 rings (SSSR count). The van der Waals surface area contributed by atoms with Gasteiger partial charge in [-0.1, -0.05) is 0 Å². The van der Waals surface area contributed by atoms with Gasteiger partial charge in [-0.15, -0.1) is 11.6 Å². The van der Waals surface area contributed by atoms with Crippen LogP contribution in [0.15, 0.2) is 4.47 Å². The number of hydrogen-bond donors (Lipinski definition) is 0. The molecule has 1 aromatic heterocycles. The van der Waals surface area contributed by atoms with E-state index in [9.17, 15) is 0 Å². The topological polar surface area (TPSA) is 21.1 Å². The number of hydrogen-bond acceptors (Lipinski definition) is 2. The van der Waals surface area contributed by atoms with Crippen molar-refractivity contribution in [3.05, 3.63) is 15.9 Å². The van der Waals surface area contributed by atoms with Crippen LogP contribution >= 0.6 is 27.5 Å². The Morgan fingerprint density at radius 1 is 1.53 bits per heavy atom. The van der Waals surface area contributed by atoms with Crippen LogP contribution in [0.25, 0.3) is 0 Å². The fraction of sp³-hybridized carbons (Fsp3) is 0.750. The highest BCUT2D eigenvalue weighted by atomic mass is 79.9. The summed E-state index contributed by atoms with van der Waals surface area (Å²) in [6.45, 7) is 5.28. The van der Waals surface area contributed by atoms with Gasteiger partial charge in [0, 0.05) is 26.0 Å². The summed E-state index contributed by atoms with van der Waals surface area (Å²) in [5.41, 5.74) is 2.33. The number of aromatic nitrogens is 2. The summed E-state index contributed by atoms with van der Waals surface area (Å²) in [6, 6.07) is 0. The first-order valence-corrected chi connectivity index (χ1v) is 7.41. The van der Waals surface area contributed by atoms with Gasteiger partial charge in [-0.3, -0.25) is 9.58 Å². The Balaban J connectivity index is 2.05. The monoisotopic (exact) mass is 319 g/mol. The zero-order valence-electron chi connectivity index (χ0n) is 10.4. The molecule has 3 nitrogen and oxygen atoms in total. The lowest BCUT2D eigenvalue weighted by Gasteiger charge is -2.31. The molecule has 1 fully saturated rings. The number of alkyl halides is 1. The average molecular weight is 321 g/mol. The number of piperidine rings is 1. The minimum absolute atomic E-state index is 0.651. The van der Waals surface area contributed by atoms with Crippen LogP contribution in [0.3, 0.4) is 0 Å². The zero-order chi connectivity index (χ0) is 12.4. The van der Waals surface area contributed by atoms with Crippen molar-refractivity contribution in [3.8, 4) is 0 Å². The van der Waals surface area contributed by atoms with Gasteiger partial charge in [0.15, 0.2) is 0 Å². The average Bonchev–Trinajstić information content (AvgIpc) is 2.56. The van der Waals surface area contributed by atoms with Gasteiger partial charge >= 0.3 is 0 Å². The predicted molar refractivity (Wildman–Crippen MR) is 74.4 cm³/mol. The second-order valence-electron chi connectivity index (χ2n) is 4.87. The van der Waals surface area contributed by atoms with Crippen molar-refractivity contribution in [1.29, 1.82) is 0 Å². The van der Waals surface area contributed by atoms with Crippen molar-refractivity contribution in [2.75, 3.05) is 19.0 Å². The Hall–Kier alpha value is -0.0600. The number of rotatable bonds is 3. The molecule has 96 valence electrons. The van der Waals surface area contributed by atoms with Gasteiger partial charge in [0.2, 0.25) is 0 Å². The lowest BCUT2D eigenvalue weighted by molar-refractivity contribution is 0.174. The summed E-state index contributed by atoms with van der Waals surface area (Å²) < 4.78 is 3.12. The Morgan fingerprint density at radius 2 is 2.29 bits per heavy atom. The van der Waals surface area contributed by atoms with E-state index in [0.717, 1.165) is 29.1 Å².